The summed E-state index contributed by atoms with van der Waals surface area (Å²) in [6.07, 6.45) is 6.76. The van der Waals surface area contributed by atoms with E-state index in [0.29, 0.717) is 18.0 Å². The summed E-state index contributed by atoms with van der Waals surface area (Å²) >= 11 is 0. The maximum atomic E-state index is 12.6. The Morgan fingerprint density at radius 3 is 2.43 bits per heavy atom. The van der Waals surface area contributed by atoms with Crippen LogP contribution in [0.4, 0.5) is 0 Å². The summed E-state index contributed by atoms with van der Waals surface area (Å²) in [5, 5.41) is 3.64. The van der Waals surface area contributed by atoms with E-state index in [1.807, 2.05) is 0 Å². The highest BCUT2D eigenvalue weighted by Crippen LogP contribution is 2.43. The standard InChI is InChI=1S/C16H28N2O3/c1-18(14-7-9-21-10-8-14)11-16(12-3-4-12,15(19)20-2)17-13-5-6-13/h12-14,17H,3-11H2,1-2H3. The molecule has 1 saturated heterocycles. The molecule has 0 amide bonds. The Morgan fingerprint density at radius 2 is 1.90 bits per heavy atom. The summed E-state index contributed by atoms with van der Waals surface area (Å²) in [5.41, 5.74) is -0.497. The SMILES string of the molecule is COC(=O)C(CN(C)C1CCOCC1)(NC1CC1)C1CC1. The van der Waals surface area contributed by atoms with E-state index in [9.17, 15) is 4.79 Å². The minimum absolute atomic E-state index is 0.0733. The maximum absolute atomic E-state index is 12.6. The Hall–Kier alpha value is -0.650. The molecule has 1 heterocycles. The van der Waals surface area contributed by atoms with Crippen LogP contribution in [0.5, 0.6) is 0 Å². The van der Waals surface area contributed by atoms with Gasteiger partial charge in [-0.25, -0.2) is 4.79 Å². The van der Waals surface area contributed by atoms with Crippen LogP contribution in [0.2, 0.25) is 0 Å². The van der Waals surface area contributed by atoms with Crippen molar-refractivity contribution in [1.29, 1.82) is 0 Å². The zero-order valence-electron chi connectivity index (χ0n) is 13.3. The Balaban J connectivity index is 1.71. The quantitative estimate of drug-likeness (QED) is 0.715. The van der Waals surface area contributed by atoms with Gasteiger partial charge in [-0.05, 0) is 51.5 Å². The minimum atomic E-state index is -0.497. The van der Waals surface area contributed by atoms with Gasteiger partial charge in [-0.1, -0.05) is 0 Å². The summed E-state index contributed by atoms with van der Waals surface area (Å²) < 4.78 is 10.6. The van der Waals surface area contributed by atoms with Gasteiger partial charge in [-0.2, -0.15) is 0 Å². The van der Waals surface area contributed by atoms with E-state index in [-0.39, 0.29) is 5.97 Å². The fourth-order valence-electron chi connectivity index (χ4n) is 3.58. The van der Waals surface area contributed by atoms with Gasteiger partial charge in [0.25, 0.3) is 0 Å². The van der Waals surface area contributed by atoms with Gasteiger partial charge in [-0.3, -0.25) is 5.32 Å². The Bertz CT molecular complexity index is 376. The molecular weight excluding hydrogens is 268 g/mol. The lowest BCUT2D eigenvalue weighted by atomic mass is 9.90. The van der Waals surface area contributed by atoms with E-state index in [0.717, 1.165) is 45.4 Å². The first-order chi connectivity index (χ1) is 10.2. The van der Waals surface area contributed by atoms with E-state index >= 15 is 0 Å². The molecule has 0 aromatic carbocycles. The molecule has 0 aromatic rings. The number of ether oxygens (including phenoxy) is 2. The van der Waals surface area contributed by atoms with Crippen LogP contribution in [-0.4, -0.2) is 62.4 Å². The fraction of sp³-hybridized carbons (Fsp3) is 0.938. The molecule has 2 saturated carbocycles. The van der Waals surface area contributed by atoms with Crippen molar-refractivity contribution in [2.24, 2.45) is 5.92 Å². The van der Waals surface area contributed by atoms with Crippen LogP contribution >= 0.6 is 0 Å². The van der Waals surface area contributed by atoms with Crippen molar-refractivity contribution in [2.45, 2.75) is 56.1 Å². The first-order valence-electron chi connectivity index (χ1n) is 8.30. The smallest absolute Gasteiger partial charge is 0.327 e. The molecular formula is C16H28N2O3. The highest BCUT2D eigenvalue weighted by Gasteiger charge is 2.54. The third-order valence-corrected chi connectivity index (χ3v) is 5.18. The molecule has 21 heavy (non-hydrogen) atoms. The van der Waals surface area contributed by atoms with Crippen molar-refractivity contribution in [1.82, 2.24) is 10.2 Å². The molecule has 3 rings (SSSR count). The van der Waals surface area contributed by atoms with E-state index in [4.69, 9.17) is 9.47 Å². The molecule has 1 unspecified atom stereocenters. The second-order valence-corrected chi connectivity index (χ2v) is 6.91. The largest absolute Gasteiger partial charge is 0.468 e. The molecule has 1 aliphatic heterocycles. The van der Waals surface area contributed by atoms with Crippen LogP contribution in [0.25, 0.3) is 0 Å². The van der Waals surface area contributed by atoms with Crippen molar-refractivity contribution in [3.05, 3.63) is 0 Å². The first-order valence-corrected chi connectivity index (χ1v) is 8.30. The van der Waals surface area contributed by atoms with E-state index < -0.39 is 5.54 Å². The second kappa shape index (κ2) is 6.23. The predicted octanol–water partition coefficient (Wildman–Crippen LogP) is 1.17. The van der Waals surface area contributed by atoms with Crippen molar-refractivity contribution in [2.75, 3.05) is 33.9 Å². The lowest BCUT2D eigenvalue weighted by Crippen LogP contribution is -2.62. The number of hydrogen-bond donors (Lipinski definition) is 1. The zero-order chi connectivity index (χ0) is 14.9. The highest BCUT2D eigenvalue weighted by molar-refractivity contribution is 5.82. The Labute approximate surface area is 127 Å². The summed E-state index contributed by atoms with van der Waals surface area (Å²) in [6, 6.07) is 1.02. The number of carbonyl (C=O) groups is 1. The Kier molecular flexibility index (Phi) is 4.52. The van der Waals surface area contributed by atoms with Crippen LogP contribution < -0.4 is 5.32 Å². The number of esters is 1. The maximum Gasteiger partial charge on any atom is 0.327 e. The van der Waals surface area contributed by atoms with Gasteiger partial charge >= 0.3 is 5.97 Å². The summed E-state index contributed by atoms with van der Waals surface area (Å²) in [4.78, 5) is 14.9. The highest BCUT2D eigenvalue weighted by atomic mass is 16.5. The topological polar surface area (TPSA) is 50.8 Å². The van der Waals surface area contributed by atoms with Crippen LogP contribution in [0.1, 0.15) is 38.5 Å². The summed E-state index contributed by atoms with van der Waals surface area (Å²) in [7, 11) is 3.66. The van der Waals surface area contributed by atoms with Gasteiger partial charge in [0.2, 0.25) is 0 Å². The normalized spacial score (nSPS) is 26.6. The lowest BCUT2D eigenvalue weighted by Gasteiger charge is -2.40. The van der Waals surface area contributed by atoms with Crippen LogP contribution in [0, 0.1) is 5.92 Å². The van der Waals surface area contributed by atoms with Gasteiger partial charge in [0.05, 0.1) is 7.11 Å². The van der Waals surface area contributed by atoms with Gasteiger partial charge in [0.1, 0.15) is 5.54 Å². The molecule has 0 bridgehead atoms. The fourth-order valence-corrected chi connectivity index (χ4v) is 3.58. The zero-order valence-corrected chi connectivity index (χ0v) is 13.3. The number of carbonyl (C=O) groups excluding carboxylic acids is 1. The van der Waals surface area contributed by atoms with Crippen LogP contribution in [-0.2, 0) is 14.3 Å². The van der Waals surface area contributed by atoms with Crippen molar-refractivity contribution >= 4 is 5.97 Å². The van der Waals surface area contributed by atoms with Gasteiger partial charge in [-0.15, -0.1) is 0 Å². The third-order valence-electron chi connectivity index (χ3n) is 5.18. The van der Waals surface area contributed by atoms with Crippen LogP contribution in [0.3, 0.4) is 0 Å². The number of hydrogen-bond acceptors (Lipinski definition) is 5. The van der Waals surface area contributed by atoms with Crippen molar-refractivity contribution < 1.29 is 14.3 Å². The number of rotatable bonds is 7. The average Bonchev–Trinajstić information content (AvgIpc) is 3.39. The van der Waals surface area contributed by atoms with Crippen LogP contribution in [0.15, 0.2) is 0 Å². The lowest BCUT2D eigenvalue weighted by molar-refractivity contribution is -0.151. The van der Waals surface area contributed by atoms with Gasteiger partial charge in [0.15, 0.2) is 0 Å². The molecule has 0 radical (unpaired) electrons. The minimum Gasteiger partial charge on any atom is -0.468 e. The van der Waals surface area contributed by atoms with Crippen molar-refractivity contribution in [3.63, 3.8) is 0 Å². The molecule has 0 spiro atoms. The molecule has 3 fully saturated rings. The summed E-state index contributed by atoms with van der Waals surface area (Å²) in [6.45, 7) is 2.42. The van der Waals surface area contributed by atoms with E-state index in [1.54, 1.807) is 0 Å². The molecule has 1 N–H and O–H groups in total. The van der Waals surface area contributed by atoms with E-state index in [1.165, 1.54) is 20.0 Å². The monoisotopic (exact) mass is 296 g/mol. The number of nitrogens with zero attached hydrogens (tertiary/aromatic N) is 1. The Morgan fingerprint density at radius 1 is 1.24 bits per heavy atom. The number of methoxy groups -OCH3 is 1. The molecule has 1 atom stereocenters. The average molecular weight is 296 g/mol. The molecule has 0 aromatic heterocycles. The first kappa shape index (κ1) is 15.3. The van der Waals surface area contributed by atoms with Crippen molar-refractivity contribution in [3.8, 4) is 0 Å². The number of nitrogens with one attached hydrogen (secondary N) is 1. The predicted molar refractivity (Wildman–Crippen MR) is 80.1 cm³/mol. The van der Waals surface area contributed by atoms with E-state index in [2.05, 4.69) is 17.3 Å². The van der Waals surface area contributed by atoms with Gasteiger partial charge in [0, 0.05) is 31.8 Å². The van der Waals surface area contributed by atoms with Gasteiger partial charge < -0.3 is 14.4 Å². The number of likely N-dealkylation sites (N-methyl/N-ethyl adjacent to an activating group) is 1. The molecule has 120 valence electrons. The molecule has 5 heteroatoms. The molecule has 5 nitrogen and oxygen atoms in total. The molecule has 3 aliphatic rings. The third kappa shape index (κ3) is 3.41. The summed E-state index contributed by atoms with van der Waals surface area (Å²) in [5.74, 6) is 0.364. The molecule has 2 aliphatic carbocycles. The second-order valence-electron chi connectivity index (χ2n) is 6.91.